The van der Waals surface area contributed by atoms with Crippen molar-refractivity contribution in [1.82, 2.24) is 4.90 Å². The minimum Gasteiger partial charge on any atom is -0.326 e. The van der Waals surface area contributed by atoms with Gasteiger partial charge in [0.25, 0.3) is 0 Å². The van der Waals surface area contributed by atoms with Crippen LogP contribution >= 0.6 is 0 Å². The predicted octanol–water partition coefficient (Wildman–Crippen LogP) is 3.64. The molecule has 0 radical (unpaired) electrons. The lowest BCUT2D eigenvalue weighted by Crippen LogP contribution is -2.25. The Morgan fingerprint density at radius 3 is 2.61 bits per heavy atom. The van der Waals surface area contributed by atoms with E-state index in [4.69, 9.17) is 0 Å². The summed E-state index contributed by atoms with van der Waals surface area (Å²) in [6, 6.07) is 16.4. The fourth-order valence-corrected chi connectivity index (χ4v) is 3.05. The van der Waals surface area contributed by atoms with E-state index in [2.05, 4.69) is 34.5 Å². The molecule has 1 atom stereocenters. The van der Waals surface area contributed by atoms with Crippen LogP contribution in [0.2, 0.25) is 0 Å². The van der Waals surface area contributed by atoms with Crippen molar-refractivity contribution in [3.05, 3.63) is 66.0 Å². The van der Waals surface area contributed by atoms with Gasteiger partial charge >= 0.3 is 0 Å². The van der Waals surface area contributed by atoms with Crippen molar-refractivity contribution in [2.24, 2.45) is 0 Å². The maximum atomic E-state index is 12.8. The molecule has 0 bridgehead atoms. The molecule has 1 heterocycles. The molecule has 0 aromatic heterocycles. The highest BCUT2D eigenvalue weighted by atomic mass is 19.1. The summed E-state index contributed by atoms with van der Waals surface area (Å²) in [4.78, 5) is 14.3. The third-order valence-corrected chi connectivity index (χ3v) is 4.33. The fraction of sp³-hybridized carbons (Fsp3) is 0.316. The number of amides is 1. The van der Waals surface area contributed by atoms with Gasteiger partial charge in [0.2, 0.25) is 5.91 Å². The Labute approximate surface area is 136 Å². The highest BCUT2D eigenvalue weighted by Crippen LogP contribution is 2.26. The Balaban J connectivity index is 1.44. The van der Waals surface area contributed by atoms with Gasteiger partial charge in [-0.2, -0.15) is 0 Å². The third-order valence-electron chi connectivity index (χ3n) is 4.33. The zero-order chi connectivity index (χ0) is 16.1. The Morgan fingerprint density at radius 1 is 1.13 bits per heavy atom. The van der Waals surface area contributed by atoms with Gasteiger partial charge in [0.05, 0.1) is 0 Å². The van der Waals surface area contributed by atoms with E-state index >= 15 is 0 Å². The van der Waals surface area contributed by atoms with Crippen LogP contribution in [0.5, 0.6) is 0 Å². The van der Waals surface area contributed by atoms with Crippen LogP contribution in [-0.4, -0.2) is 30.4 Å². The zero-order valence-electron chi connectivity index (χ0n) is 13.0. The number of likely N-dealkylation sites (tertiary alicyclic amines) is 1. The molecule has 1 amide bonds. The topological polar surface area (TPSA) is 32.3 Å². The van der Waals surface area contributed by atoms with Crippen molar-refractivity contribution < 1.29 is 9.18 Å². The largest absolute Gasteiger partial charge is 0.326 e. The number of carbonyl (C=O) groups is 1. The smallest absolute Gasteiger partial charge is 0.225 e. The maximum absolute atomic E-state index is 12.8. The molecule has 1 aliphatic rings. The van der Waals surface area contributed by atoms with Gasteiger partial charge in [0.1, 0.15) is 5.82 Å². The van der Waals surface area contributed by atoms with E-state index in [1.54, 1.807) is 12.1 Å². The van der Waals surface area contributed by atoms with Gasteiger partial charge in [0.15, 0.2) is 0 Å². The van der Waals surface area contributed by atoms with Crippen LogP contribution in [0.4, 0.5) is 10.1 Å². The molecule has 120 valence electrons. The molecule has 3 nitrogen and oxygen atoms in total. The van der Waals surface area contributed by atoms with Gasteiger partial charge in [-0.05, 0) is 48.7 Å². The predicted molar refractivity (Wildman–Crippen MR) is 89.9 cm³/mol. The first-order valence-electron chi connectivity index (χ1n) is 8.03. The summed E-state index contributed by atoms with van der Waals surface area (Å²) in [5.41, 5.74) is 2.02. The van der Waals surface area contributed by atoms with E-state index in [-0.39, 0.29) is 11.7 Å². The first-order chi connectivity index (χ1) is 11.2. The van der Waals surface area contributed by atoms with Crippen LogP contribution in [0.15, 0.2) is 54.6 Å². The number of anilines is 1. The normalized spacial score (nSPS) is 18.0. The molecule has 0 spiro atoms. The second-order valence-corrected chi connectivity index (χ2v) is 6.00. The van der Waals surface area contributed by atoms with E-state index in [9.17, 15) is 9.18 Å². The summed E-state index contributed by atoms with van der Waals surface area (Å²) >= 11 is 0. The van der Waals surface area contributed by atoms with Crippen LogP contribution < -0.4 is 5.32 Å². The summed E-state index contributed by atoms with van der Waals surface area (Å²) in [5.74, 6) is 0.239. The molecule has 0 saturated carbocycles. The van der Waals surface area contributed by atoms with E-state index < -0.39 is 0 Å². The number of nitrogens with zero attached hydrogens (tertiary/aromatic N) is 1. The molecular formula is C19H21FN2O. The molecule has 2 aromatic rings. The summed E-state index contributed by atoms with van der Waals surface area (Å²) in [6.45, 7) is 2.80. The van der Waals surface area contributed by atoms with Crippen molar-refractivity contribution in [1.29, 1.82) is 0 Å². The Hall–Kier alpha value is -2.20. The second kappa shape index (κ2) is 7.38. The van der Waals surface area contributed by atoms with Crippen molar-refractivity contribution in [2.75, 3.05) is 25.0 Å². The van der Waals surface area contributed by atoms with Crippen LogP contribution in [-0.2, 0) is 4.79 Å². The second-order valence-electron chi connectivity index (χ2n) is 6.00. The molecule has 0 aliphatic carbocycles. The van der Waals surface area contributed by atoms with Gasteiger partial charge in [0, 0.05) is 25.2 Å². The molecule has 23 heavy (non-hydrogen) atoms. The lowest BCUT2D eigenvalue weighted by molar-refractivity contribution is -0.116. The monoisotopic (exact) mass is 312 g/mol. The molecule has 1 fully saturated rings. The fourth-order valence-electron chi connectivity index (χ4n) is 3.05. The summed E-state index contributed by atoms with van der Waals surface area (Å²) < 4.78 is 12.8. The first kappa shape index (κ1) is 15.7. The van der Waals surface area contributed by atoms with Gasteiger partial charge in [-0.3, -0.25) is 4.79 Å². The molecule has 2 aromatic carbocycles. The number of rotatable bonds is 5. The highest BCUT2D eigenvalue weighted by molar-refractivity contribution is 5.90. The summed E-state index contributed by atoms with van der Waals surface area (Å²) in [6.07, 6.45) is 1.60. The van der Waals surface area contributed by atoms with Gasteiger partial charge in [-0.1, -0.05) is 30.3 Å². The lowest BCUT2D eigenvalue weighted by atomic mass is 9.99. The van der Waals surface area contributed by atoms with Crippen LogP contribution in [0.25, 0.3) is 0 Å². The van der Waals surface area contributed by atoms with Crippen molar-refractivity contribution in [2.45, 2.75) is 18.8 Å². The average Bonchev–Trinajstić information content (AvgIpc) is 3.05. The Bertz CT molecular complexity index is 642. The first-order valence-corrected chi connectivity index (χ1v) is 8.03. The molecule has 1 saturated heterocycles. The number of nitrogens with one attached hydrogen (secondary N) is 1. The van der Waals surface area contributed by atoms with Gasteiger partial charge in [-0.15, -0.1) is 0 Å². The SMILES string of the molecule is O=C(CCN1CC[C@@H](c2ccccc2)C1)Nc1ccc(F)cc1. The number of benzene rings is 2. The number of hydrogen-bond acceptors (Lipinski definition) is 2. The van der Waals surface area contributed by atoms with Gasteiger partial charge < -0.3 is 10.2 Å². The van der Waals surface area contributed by atoms with Crippen molar-refractivity contribution in [3.63, 3.8) is 0 Å². The average molecular weight is 312 g/mol. The van der Waals surface area contributed by atoms with Crippen molar-refractivity contribution >= 4 is 11.6 Å². The standard InChI is InChI=1S/C19H21FN2O/c20-17-6-8-18(9-7-17)21-19(23)11-13-22-12-10-16(14-22)15-4-2-1-3-5-15/h1-9,16H,10-14H2,(H,21,23)/t16-/m1/s1. The molecule has 0 unspecified atom stereocenters. The maximum Gasteiger partial charge on any atom is 0.225 e. The van der Waals surface area contributed by atoms with Crippen molar-refractivity contribution in [3.8, 4) is 0 Å². The lowest BCUT2D eigenvalue weighted by Gasteiger charge is -2.16. The number of halogens is 1. The minimum absolute atomic E-state index is 0.0280. The van der Waals surface area contributed by atoms with E-state index in [1.165, 1.54) is 17.7 Å². The van der Waals surface area contributed by atoms with Crippen LogP contribution in [0, 0.1) is 5.82 Å². The van der Waals surface area contributed by atoms with E-state index in [1.807, 2.05) is 6.07 Å². The molecule has 1 N–H and O–H groups in total. The van der Waals surface area contributed by atoms with E-state index in [0.717, 1.165) is 26.1 Å². The third kappa shape index (κ3) is 4.39. The number of hydrogen-bond donors (Lipinski definition) is 1. The Morgan fingerprint density at radius 2 is 1.87 bits per heavy atom. The summed E-state index contributed by atoms with van der Waals surface area (Å²) in [7, 11) is 0. The molecule has 1 aliphatic heterocycles. The number of carbonyl (C=O) groups excluding carboxylic acids is 1. The Kier molecular flexibility index (Phi) is 5.03. The minimum atomic E-state index is -0.299. The van der Waals surface area contributed by atoms with Crippen LogP contribution in [0.3, 0.4) is 0 Å². The quantitative estimate of drug-likeness (QED) is 0.914. The summed E-state index contributed by atoms with van der Waals surface area (Å²) in [5, 5.41) is 2.80. The highest BCUT2D eigenvalue weighted by Gasteiger charge is 2.23. The van der Waals surface area contributed by atoms with Gasteiger partial charge in [-0.25, -0.2) is 4.39 Å². The van der Waals surface area contributed by atoms with Crippen LogP contribution in [0.1, 0.15) is 24.3 Å². The molecule has 3 rings (SSSR count). The van der Waals surface area contributed by atoms with E-state index in [0.29, 0.717) is 18.0 Å². The molecular weight excluding hydrogens is 291 g/mol. The zero-order valence-corrected chi connectivity index (χ0v) is 13.0. The molecule has 4 heteroatoms.